The Hall–Kier alpha value is -3.53. The van der Waals surface area contributed by atoms with Gasteiger partial charge in [-0.25, -0.2) is 8.78 Å². The number of nitrogens with one attached hydrogen (secondary N) is 3. The Bertz CT molecular complexity index is 1090. The van der Waals surface area contributed by atoms with Crippen molar-refractivity contribution in [1.29, 1.82) is 0 Å². The molecule has 0 aliphatic carbocycles. The number of hydrogen-bond acceptors (Lipinski definition) is 4. The molecule has 1 aromatic carbocycles. The van der Waals surface area contributed by atoms with Crippen molar-refractivity contribution in [2.45, 2.75) is 26.4 Å². The second-order valence-corrected chi connectivity index (χ2v) is 6.99. The van der Waals surface area contributed by atoms with Gasteiger partial charge in [-0.3, -0.25) is 14.4 Å². The van der Waals surface area contributed by atoms with E-state index in [2.05, 4.69) is 15.6 Å². The van der Waals surface area contributed by atoms with Crippen LogP contribution in [0.2, 0.25) is 0 Å². The van der Waals surface area contributed by atoms with Gasteiger partial charge in [0.2, 0.25) is 5.91 Å². The molecule has 10 heteroatoms. The lowest BCUT2D eigenvalue weighted by atomic mass is 10.0. The summed E-state index contributed by atoms with van der Waals surface area (Å²) < 4.78 is 27.9. The number of primary amides is 1. The van der Waals surface area contributed by atoms with Gasteiger partial charge in [-0.05, 0) is 37.6 Å². The topological polar surface area (TPSA) is 137 Å². The Morgan fingerprint density at radius 3 is 2.67 bits per heavy atom. The molecule has 3 rings (SSSR count). The number of aliphatic hydroxyl groups is 1. The zero-order valence-corrected chi connectivity index (χ0v) is 16.2. The number of halogens is 2. The maximum absolute atomic E-state index is 14.3. The predicted molar refractivity (Wildman–Crippen MR) is 105 cm³/mol. The summed E-state index contributed by atoms with van der Waals surface area (Å²) in [5.41, 5.74) is 6.50. The van der Waals surface area contributed by atoms with Gasteiger partial charge >= 0.3 is 0 Å². The first-order valence-corrected chi connectivity index (χ1v) is 9.05. The number of amides is 3. The van der Waals surface area contributed by atoms with Crippen LogP contribution in [0.25, 0.3) is 11.6 Å². The summed E-state index contributed by atoms with van der Waals surface area (Å²) in [4.78, 5) is 38.6. The van der Waals surface area contributed by atoms with E-state index < -0.39 is 35.5 Å². The van der Waals surface area contributed by atoms with Crippen molar-refractivity contribution >= 4 is 35.1 Å². The first-order valence-electron chi connectivity index (χ1n) is 9.05. The van der Waals surface area contributed by atoms with Gasteiger partial charge in [0.05, 0.1) is 29.3 Å². The number of carbonyl (C=O) groups excluding carboxylic acids is 3. The average molecular weight is 418 g/mol. The van der Waals surface area contributed by atoms with Crippen LogP contribution in [-0.4, -0.2) is 40.5 Å². The van der Waals surface area contributed by atoms with E-state index in [1.807, 2.05) is 0 Å². The van der Waals surface area contributed by atoms with Gasteiger partial charge in [0, 0.05) is 23.5 Å². The number of hydrogen-bond donors (Lipinski definition) is 5. The molecule has 30 heavy (non-hydrogen) atoms. The fraction of sp³-hybridized carbons (Fsp3) is 0.250. The lowest BCUT2D eigenvalue weighted by Gasteiger charge is -2.10. The highest BCUT2D eigenvalue weighted by Gasteiger charge is 2.30. The summed E-state index contributed by atoms with van der Waals surface area (Å²) in [7, 11) is 0. The van der Waals surface area contributed by atoms with Gasteiger partial charge in [0.25, 0.3) is 11.8 Å². The highest BCUT2D eigenvalue weighted by Crippen LogP contribution is 2.36. The Morgan fingerprint density at radius 2 is 2.00 bits per heavy atom. The highest BCUT2D eigenvalue weighted by molar-refractivity contribution is 6.35. The number of nitrogens with two attached hydrogens (primary N) is 1. The molecule has 0 spiro atoms. The van der Waals surface area contributed by atoms with E-state index in [4.69, 9.17) is 5.73 Å². The minimum Gasteiger partial charge on any atom is -0.391 e. The number of aromatic amines is 1. The molecule has 0 saturated carbocycles. The number of aryl methyl sites for hydroxylation is 1. The molecule has 1 aromatic heterocycles. The van der Waals surface area contributed by atoms with Crippen LogP contribution in [0.4, 0.5) is 14.5 Å². The minimum absolute atomic E-state index is 0.0739. The standard InChI is InChI=1S/C20H20F2N4O4/c1-8-14(6-11-17-13(26-19(11)29)4-3-12(21)18(17)22)25-9(2)16(8)20(30)24-7-10(27)5-15(23)28/h3-4,6,10,25,27H,5,7H2,1-2H3,(H2,23,28)(H,24,30)(H,26,29)/b11-6-. The fourth-order valence-electron chi connectivity index (χ4n) is 3.37. The number of aliphatic hydroxyl groups excluding tert-OH is 1. The molecule has 3 amide bonds. The second kappa shape index (κ2) is 8.07. The van der Waals surface area contributed by atoms with Crippen LogP contribution in [0.15, 0.2) is 12.1 Å². The smallest absolute Gasteiger partial charge is 0.256 e. The van der Waals surface area contributed by atoms with Crippen LogP contribution in [0, 0.1) is 25.5 Å². The van der Waals surface area contributed by atoms with E-state index in [1.165, 1.54) is 12.1 Å². The van der Waals surface area contributed by atoms with Crippen molar-refractivity contribution in [2.24, 2.45) is 5.73 Å². The molecule has 2 heterocycles. The van der Waals surface area contributed by atoms with Gasteiger partial charge in [0.15, 0.2) is 11.6 Å². The molecule has 6 N–H and O–H groups in total. The number of fused-ring (bicyclic) bond motifs is 1. The van der Waals surface area contributed by atoms with Crippen LogP contribution in [-0.2, 0) is 9.59 Å². The maximum atomic E-state index is 14.3. The lowest BCUT2D eigenvalue weighted by Crippen LogP contribution is -2.34. The van der Waals surface area contributed by atoms with Crippen LogP contribution in [0.1, 0.15) is 39.3 Å². The molecular weight excluding hydrogens is 398 g/mol. The number of carbonyl (C=O) groups is 3. The zero-order chi connectivity index (χ0) is 22.2. The molecule has 158 valence electrons. The van der Waals surface area contributed by atoms with Gasteiger partial charge < -0.3 is 26.5 Å². The maximum Gasteiger partial charge on any atom is 0.256 e. The van der Waals surface area contributed by atoms with Gasteiger partial charge in [-0.15, -0.1) is 0 Å². The third-order valence-corrected chi connectivity index (χ3v) is 4.78. The van der Waals surface area contributed by atoms with E-state index in [9.17, 15) is 28.3 Å². The van der Waals surface area contributed by atoms with E-state index in [0.717, 1.165) is 6.07 Å². The van der Waals surface area contributed by atoms with Crippen LogP contribution < -0.4 is 16.4 Å². The Morgan fingerprint density at radius 1 is 1.30 bits per heavy atom. The first kappa shape index (κ1) is 21.2. The average Bonchev–Trinajstić information content (AvgIpc) is 3.12. The lowest BCUT2D eigenvalue weighted by molar-refractivity contribution is -0.119. The number of H-pyrrole nitrogens is 1. The van der Waals surface area contributed by atoms with Gasteiger partial charge in [0.1, 0.15) is 0 Å². The number of benzene rings is 1. The summed E-state index contributed by atoms with van der Waals surface area (Å²) in [6, 6.07) is 2.20. The summed E-state index contributed by atoms with van der Waals surface area (Å²) in [6.07, 6.45) is -0.0615. The van der Waals surface area contributed by atoms with Crippen LogP contribution >= 0.6 is 0 Å². The van der Waals surface area contributed by atoms with Crippen LogP contribution in [0.5, 0.6) is 0 Å². The third kappa shape index (κ3) is 3.94. The van der Waals surface area contributed by atoms with Crippen molar-refractivity contribution < 1.29 is 28.3 Å². The van der Waals surface area contributed by atoms with Crippen molar-refractivity contribution in [2.75, 3.05) is 11.9 Å². The second-order valence-electron chi connectivity index (χ2n) is 6.99. The van der Waals surface area contributed by atoms with Gasteiger partial charge in [-0.1, -0.05) is 0 Å². The van der Waals surface area contributed by atoms with Crippen molar-refractivity contribution in [3.63, 3.8) is 0 Å². The van der Waals surface area contributed by atoms with E-state index in [0.29, 0.717) is 17.0 Å². The summed E-state index contributed by atoms with van der Waals surface area (Å²) in [6.45, 7) is 3.08. The molecular formula is C20H20F2N4O4. The molecule has 0 fully saturated rings. The van der Waals surface area contributed by atoms with Crippen molar-refractivity contribution in [3.8, 4) is 0 Å². The molecule has 8 nitrogen and oxygen atoms in total. The van der Waals surface area contributed by atoms with Crippen LogP contribution in [0.3, 0.4) is 0 Å². The Labute approximate surface area is 170 Å². The van der Waals surface area contributed by atoms with Crippen molar-refractivity contribution in [1.82, 2.24) is 10.3 Å². The SMILES string of the molecule is Cc1[nH]c(/C=C2\C(=O)Nc3ccc(F)c(F)c32)c(C)c1C(=O)NCC(O)CC(N)=O. The molecule has 1 aliphatic rings. The molecule has 0 bridgehead atoms. The summed E-state index contributed by atoms with van der Waals surface area (Å²) in [5.74, 6) is -4.02. The molecule has 1 atom stereocenters. The molecule has 1 unspecified atom stereocenters. The number of rotatable bonds is 6. The zero-order valence-electron chi connectivity index (χ0n) is 16.2. The number of aromatic nitrogens is 1. The van der Waals surface area contributed by atoms with Crippen molar-refractivity contribution in [3.05, 3.63) is 51.8 Å². The van der Waals surface area contributed by atoms with E-state index >= 15 is 0 Å². The van der Waals surface area contributed by atoms with E-state index in [-0.39, 0.29) is 35.4 Å². The summed E-state index contributed by atoms with van der Waals surface area (Å²) >= 11 is 0. The quantitative estimate of drug-likeness (QED) is 0.453. The molecule has 2 aromatic rings. The fourth-order valence-corrected chi connectivity index (χ4v) is 3.37. The van der Waals surface area contributed by atoms with Gasteiger partial charge in [-0.2, -0.15) is 0 Å². The monoisotopic (exact) mass is 418 g/mol. The molecule has 1 aliphatic heterocycles. The third-order valence-electron chi connectivity index (χ3n) is 4.78. The molecule has 0 saturated heterocycles. The van der Waals surface area contributed by atoms with E-state index in [1.54, 1.807) is 13.8 Å². The largest absolute Gasteiger partial charge is 0.391 e. The molecule has 0 radical (unpaired) electrons. The Balaban J connectivity index is 1.90. The Kier molecular flexibility index (Phi) is 5.70. The normalized spacial score (nSPS) is 15.1. The minimum atomic E-state index is -1.14. The first-order chi connectivity index (χ1) is 14.1. The highest BCUT2D eigenvalue weighted by atomic mass is 19.2. The summed E-state index contributed by atoms with van der Waals surface area (Å²) in [5, 5.41) is 14.7. The predicted octanol–water partition coefficient (Wildman–Crippen LogP) is 1.37. The number of anilines is 1.